The Hall–Kier alpha value is -2.09. The monoisotopic (exact) mass is 294 g/mol. The number of imidazole rings is 1. The molecule has 2 aromatic rings. The van der Waals surface area contributed by atoms with Crippen LogP contribution in [0.3, 0.4) is 0 Å². The maximum atomic E-state index is 12.2. The van der Waals surface area contributed by atoms with Crippen LogP contribution in [-0.2, 0) is 20.6 Å². The Bertz CT molecular complexity index is 755. The fourth-order valence-electron chi connectivity index (χ4n) is 2.36. The van der Waals surface area contributed by atoms with Gasteiger partial charge in [0.1, 0.15) is 0 Å². The summed E-state index contributed by atoms with van der Waals surface area (Å²) in [5.41, 5.74) is 5.63. The summed E-state index contributed by atoms with van der Waals surface area (Å²) in [6.45, 7) is 3.98. The molecule has 0 unspecified atom stereocenters. The number of anilines is 1. The van der Waals surface area contributed by atoms with E-state index in [-0.39, 0.29) is 11.2 Å². The first kappa shape index (κ1) is 15.3. The molecule has 0 aliphatic carbocycles. The van der Waals surface area contributed by atoms with Crippen molar-refractivity contribution in [3.63, 3.8) is 0 Å². The molecule has 2 heterocycles. The van der Waals surface area contributed by atoms with Gasteiger partial charge in [-0.25, -0.2) is 9.78 Å². The molecular formula is C13H22N6O2. The highest BCUT2D eigenvalue weighted by Gasteiger charge is 2.18. The van der Waals surface area contributed by atoms with Gasteiger partial charge < -0.3 is 11.1 Å². The molecule has 3 N–H and O–H groups in total. The van der Waals surface area contributed by atoms with E-state index in [1.807, 2.05) is 11.5 Å². The van der Waals surface area contributed by atoms with Crippen molar-refractivity contribution in [2.45, 2.75) is 26.3 Å². The summed E-state index contributed by atoms with van der Waals surface area (Å²) in [6, 6.07) is 0. The average molecular weight is 294 g/mol. The van der Waals surface area contributed by atoms with Crippen molar-refractivity contribution in [1.29, 1.82) is 0 Å². The fourth-order valence-corrected chi connectivity index (χ4v) is 2.36. The van der Waals surface area contributed by atoms with E-state index in [2.05, 4.69) is 10.3 Å². The Balaban J connectivity index is 2.68. The second-order valence-corrected chi connectivity index (χ2v) is 5.03. The van der Waals surface area contributed by atoms with E-state index in [1.165, 1.54) is 11.6 Å². The van der Waals surface area contributed by atoms with Gasteiger partial charge in [-0.1, -0.05) is 6.92 Å². The molecule has 2 aromatic heterocycles. The number of nitrogens with zero attached hydrogens (tertiary/aromatic N) is 4. The van der Waals surface area contributed by atoms with Crippen LogP contribution in [0.25, 0.3) is 11.2 Å². The van der Waals surface area contributed by atoms with Crippen LogP contribution in [0.1, 0.15) is 19.8 Å². The van der Waals surface area contributed by atoms with Gasteiger partial charge in [-0.2, -0.15) is 0 Å². The molecule has 0 aliphatic heterocycles. The molecule has 0 aliphatic rings. The highest BCUT2D eigenvalue weighted by atomic mass is 16.2. The fraction of sp³-hybridized carbons (Fsp3) is 0.615. The van der Waals surface area contributed by atoms with Crippen LogP contribution >= 0.6 is 0 Å². The van der Waals surface area contributed by atoms with E-state index < -0.39 is 0 Å². The Kier molecular flexibility index (Phi) is 4.46. The van der Waals surface area contributed by atoms with E-state index in [4.69, 9.17) is 5.73 Å². The largest absolute Gasteiger partial charge is 0.356 e. The zero-order valence-electron chi connectivity index (χ0n) is 12.7. The number of nitrogens with one attached hydrogen (secondary N) is 1. The quantitative estimate of drug-likeness (QED) is 0.706. The minimum atomic E-state index is -0.371. The molecule has 116 valence electrons. The minimum Gasteiger partial charge on any atom is -0.356 e. The lowest BCUT2D eigenvalue weighted by atomic mass is 10.4. The van der Waals surface area contributed by atoms with E-state index >= 15 is 0 Å². The number of aromatic nitrogens is 4. The normalized spacial score (nSPS) is 11.2. The predicted octanol–water partition coefficient (Wildman–Crippen LogP) is -0.396. The lowest BCUT2D eigenvalue weighted by molar-refractivity contribution is 0.654. The highest BCUT2D eigenvalue weighted by molar-refractivity contribution is 5.74. The molecule has 0 aromatic carbocycles. The molecule has 0 fully saturated rings. The van der Waals surface area contributed by atoms with Crippen LogP contribution in [0.5, 0.6) is 0 Å². The van der Waals surface area contributed by atoms with Crippen molar-refractivity contribution in [2.75, 3.05) is 18.4 Å². The Morgan fingerprint density at radius 3 is 2.57 bits per heavy atom. The van der Waals surface area contributed by atoms with Gasteiger partial charge in [-0.15, -0.1) is 0 Å². The first-order chi connectivity index (χ1) is 10.0. The van der Waals surface area contributed by atoms with Gasteiger partial charge in [-0.05, 0) is 19.4 Å². The molecule has 0 amide bonds. The van der Waals surface area contributed by atoms with Crippen LogP contribution in [0, 0.1) is 0 Å². The zero-order valence-corrected chi connectivity index (χ0v) is 12.7. The molecule has 2 rings (SSSR count). The number of aryl methyl sites for hydroxylation is 2. The van der Waals surface area contributed by atoms with Crippen molar-refractivity contribution in [3.05, 3.63) is 20.8 Å². The van der Waals surface area contributed by atoms with Crippen LogP contribution in [-0.4, -0.2) is 31.8 Å². The van der Waals surface area contributed by atoms with Gasteiger partial charge in [0.15, 0.2) is 11.2 Å². The maximum absolute atomic E-state index is 12.2. The molecule has 0 atom stereocenters. The van der Waals surface area contributed by atoms with Gasteiger partial charge in [0.05, 0.1) is 0 Å². The van der Waals surface area contributed by atoms with Crippen LogP contribution in [0.15, 0.2) is 9.59 Å². The van der Waals surface area contributed by atoms with Gasteiger partial charge in [-0.3, -0.25) is 18.5 Å². The molecule has 8 nitrogen and oxygen atoms in total. The summed E-state index contributed by atoms with van der Waals surface area (Å²) in [5, 5.41) is 3.19. The van der Waals surface area contributed by atoms with E-state index in [1.54, 1.807) is 7.05 Å². The third-order valence-corrected chi connectivity index (χ3v) is 3.45. The molecule has 0 saturated heterocycles. The number of rotatable bonds is 6. The highest BCUT2D eigenvalue weighted by Crippen LogP contribution is 2.16. The maximum Gasteiger partial charge on any atom is 0.332 e. The summed E-state index contributed by atoms with van der Waals surface area (Å²) >= 11 is 0. The zero-order chi connectivity index (χ0) is 15.6. The number of fused-ring (bicyclic) bond motifs is 1. The van der Waals surface area contributed by atoms with Crippen LogP contribution in [0.2, 0.25) is 0 Å². The SMILES string of the molecule is CCCn1c(NCCCN)nc2c(=O)n(C)c(=O)n(C)c21. The first-order valence-corrected chi connectivity index (χ1v) is 7.13. The van der Waals surface area contributed by atoms with Crippen molar-refractivity contribution in [3.8, 4) is 0 Å². The van der Waals surface area contributed by atoms with E-state index in [9.17, 15) is 9.59 Å². The number of hydrogen-bond acceptors (Lipinski definition) is 5. The molecule has 0 spiro atoms. The molecular weight excluding hydrogens is 272 g/mol. The van der Waals surface area contributed by atoms with Gasteiger partial charge >= 0.3 is 5.69 Å². The summed E-state index contributed by atoms with van der Waals surface area (Å²) in [7, 11) is 3.12. The Labute approximate surface area is 122 Å². The van der Waals surface area contributed by atoms with Crippen molar-refractivity contribution in [1.82, 2.24) is 18.7 Å². The van der Waals surface area contributed by atoms with Crippen LogP contribution < -0.4 is 22.3 Å². The predicted molar refractivity (Wildman–Crippen MR) is 82.7 cm³/mol. The standard InChI is InChI=1S/C13H22N6O2/c1-4-8-19-10-9(16-12(19)15-7-5-6-14)11(20)18(3)13(21)17(10)2/h4-8,14H2,1-3H3,(H,15,16). The van der Waals surface area contributed by atoms with E-state index in [0.717, 1.165) is 17.4 Å². The van der Waals surface area contributed by atoms with Crippen molar-refractivity contribution < 1.29 is 0 Å². The summed E-state index contributed by atoms with van der Waals surface area (Å²) in [4.78, 5) is 28.7. The topological polar surface area (TPSA) is 99.9 Å². The molecule has 21 heavy (non-hydrogen) atoms. The minimum absolute atomic E-state index is 0.309. The summed E-state index contributed by atoms with van der Waals surface area (Å²) in [6.07, 6.45) is 1.69. The lowest BCUT2D eigenvalue weighted by Crippen LogP contribution is -2.37. The Morgan fingerprint density at radius 1 is 1.24 bits per heavy atom. The third-order valence-electron chi connectivity index (χ3n) is 3.45. The Morgan fingerprint density at radius 2 is 1.95 bits per heavy atom. The van der Waals surface area contributed by atoms with Crippen molar-refractivity contribution in [2.24, 2.45) is 19.8 Å². The third kappa shape index (κ3) is 2.58. The summed E-state index contributed by atoms with van der Waals surface area (Å²) in [5.74, 6) is 0.610. The van der Waals surface area contributed by atoms with Crippen LogP contribution in [0.4, 0.5) is 5.95 Å². The summed E-state index contributed by atoms with van der Waals surface area (Å²) < 4.78 is 4.43. The molecule has 8 heteroatoms. The van der Waals surface area contributed by atoms with Gasteiger partial charge in [0.25, 0.3) is 5.56 Å². The second kappa shape index (κ2) is 6.13. The number of nitrogens with two attached hydrogens (primary N) is 1. The van der Waals surface area contributed by atoms with E-state index in [0.29, 0.717) is 36.7 Å². The van der Waals surface area contributed by atoms with Gasteiger partial charge in [0.2, 0.25) is 5.95 Å². The molecule has 0 bridgehead atoms. The molecule has 0 saturated carbocycles. The lowest BCUT2D eigenvalue weighted by Gasteiger charge is -2.11. The number of hydrogen-bond donors (Lipinski definition) is 2. The first-order valence-electron chi connectivity index (χ1n) is 7.13. The smallest absolute Gasteiger partial charge is 0.332 e. The van der Waals surface area contributed by atoms with Crippen molar-refractivity contribution >= 4 is 17.1 Å². The molecule has 0 radical (unpaired) electrons. The van der Waals surface area contributed by atoms with Gasteiger partial charge in [0, 0.05) is 27.2 Å². The second-order valence-electron chi connectivity index (χ2n) is 5.03. The average Bonchev–Trinajstić information content (AvgIpc) is 2.83.